The van der Waals surface area contributed by atoms with Crippen LogP contribution in [0.1, 0.15) is 11.5 Å². The molecule has 2 heteroatoms. The van der Waals surface area contributed by atoms with Gasteiger partial charge in [0.1, 0.15) is 5.82 Å². The molecule has 0 fully saturated rings. The van der Waals surface area contributed by atoms with Crippen LogP contribution in [0.5, 0.6) is 0 Å². The molecule has 63 valence electrons. The summed E-state index contributed by atoms with van der Waals surface area (Å²) in [4.78, 5) is 0. The van der Waals surface area contributed by atoms with E-state index in [0.717, 1.165) is 0 Å². The first-order valence-electron chi connectivity index (χ1n) is 3.56. The van der Waals surface area contributed by atoms with Crippen molar-refractivity contribution in [1.82, 2.24) is 0 Å². The predicted octanol–water partition coefficient (Wildman–Crippen LogP) is 3.58. The molecule has 1 unspecified atom stereocenters. The minimum Gasteiger partial charge on any atom is -0.205 e. The smallest absolute Gasteiger partial charge is 0.142 e. The number of hydrogen-bond acceptors (Lipinski definition) is 0. The van der Waals surface area contributed by atoms with E-state index in [0.29, 0.717) is 5.56 Å². The number of hydrogen-bond donors (Lipinski definition) is 0. The zero-order valence-electron chi connectivity index (χ0n) is 6.56. The first kappa shape index (κ1) is 9.27. The van der Waals surface area contributed by atoms with Gasteiger partial charge in [-0.25, -0.2) is 4.39 Å². The SMILES string of the molecule is [CH2]C(C=C)c1cccc(F)c1Cl. The molecule has 1 atom stereocenters. The Morgan fingerprint density at radius 2 is 2.17 bits per heavy atom. The van der Waals surface area contributed by atoms with Gasteiger partial charge in [0.25, 0.3) is 0 Å². The van der Waals surface area contributed by atoms with Gasteiger partial charge in [-0.15, -0.1) is 6.58 Å². The molecule has 0 aromatic heterocycles. The van der Waals surface area contributed by atoms with Crippen LogP contribution in [0.25, 0.3) is 0 Å². The molecule has 1 aromatic carbocycles. The van der Waals surface area contributed by atoms with Gasteiger partial charge >= 0.3 is 0 Å². The molecular formula is C10H9ClF. The third kappa shape index (κ3) is 1.67. The molecule has 0 aliphatic carbocycles. The molecule has 0 saturated heterocycles. The lowest BCUT2D eigenvalue weighted by Gasteiger charge is -2.08. The van der Waals surface area contributed by atoms with E-state index in [2.05, 4.69) is 13.5 Å². The molecular weight excluding hydrogens is 175 g/mol. The molecule has 0 saturated carbocycles. The van der Waals surface area contributed by atoms with Gasteiger partial charge in [-0.1, -0.05) is 29.8 Å². The topological polar surface area (TPSA) is 0 Å². The molecule has 0 nitrogen and oxygen atoms in total. The van der Waals surface area contributed by atoms with Crippen LogP contribution in [0.3, 0.4) is 0 Å². The van der Waals surface area contributed by atoms with Gasteiger partial charge in [0, 0.05) is 5.92 Å². The summed E-state index contributed by atoms with van der Waals surface area (Å²) in [5, 5.41) is 0.136. The third-order valence-electron chi connectivity index (χ3n) is 1.67. The third-order valence-corrected chi connectivity index (χ3v) is 2.06. The molecule has 0 bridgehead atoms. The lowest BCUT2D eigenvalue weighted by molar-refractivity contribution is 0.626. The first-order valence-corrected chi connectivity index (χ1v) is 3.94. The van der Waals surface area contributed by atoms with Crippen LogP contribution in [-0.2, 0) is 0 Å². The second kappa shape index (κ2) is 3.72. The second-order valence-corrected chi connectivity index (χ2v) is 2.86. The van der Waals surface area contributed by atoms with E-state index in [4.69, 9.17) is 11.6 Å². The van der Waals surface area contributed by atoms with Gasteiger partial charge in [0.05, 0.1) is 5.02 Å². The second-order valence-electron chi connectivity index (χ2n) is 2.49. The monoisotopic (exact) mass is 183 g/mol. The summed E-state index contributed by atoms with van der Waals surface area (Å²) >= 11 is 5.70. The zero-order chi connectivity index (χ0) is 9.14. The molecule has 12 heavy (non-hydrogen) atoms. The number of rotatable bonds is 2. The van der Waals surface area contributed by atoms with Gasteiger partial charge in [0.15, 0.2) is 0 Å². The summed E-state index contributed by atoms with van der Waals surface area (Å²) in [6.45, 7) is 7.32. The molecule has 0 heterocycles. The Balaban J connectivity index is 3.15. The van der Waals surface area contributed by atoms with E-state index in [1.165, 1.54) is 6.07 Å². The summed E-state index contributed by atoms with van der Waals surface area (Å²) in [5.41, 5.74) is 0.673. The summed E-state index contributed by atoms with van der Waals surface area (Å²) in [6.07, 6.45) is 1.63. The fraction of sp³-hybridized carbons (Fsp3) is 0.100. The van der Waals surface area contributed by atoms with Crippen molar-refractivity contribution in [2.24, 2.45) is 0 Å². The minimum absolute atomic E-state index is 0.136. The van der Waals surface area contributed by atoms with Crippen LogP contribution < -0.4 is 0 Å². The number of allylic oxidation sites excluding steroid dienone is 1. The number of benzene rings is 1. The zero-order valence-corrected chi connectivity index (χ0v) is 7.31. The van der Waals surface area contributed by atoms with Gasteiger partial charge < -0.3 is 0 Å². The Morgan fingerprint density at radius 3 is 2.75 bits per heavy atom. The Bertz CT molecular complexity index is 294. The van der Waals surface area contributed by atoms with Crippen LogP contribution in [0.15, 0.2) is 30.9 Å². The van der Waals surface area contributed by atoms with Crippen molar-refractivity contribution in [3.63, 3.8) is 0 Å². The summed E-state index contributed by atoms with van der Waals surface area (Å²) in [5.74, 6) is -0.571. The first-order chi connectivity index (χ1) is 5.66. The Morgan fingerprint density at radius 1 is 1.50 bits per heavy atom. The molecule has 1 radical (unpaired) electrons. The fourth-order valence-electron chi connectivity index (χ4n) is 0.934. The predicted molar refractivity (Wildman–Crippen MR) is 49.7 cm³/mol. The van der Waals surface area contributed by atoms with Crippen LogP contribution >= 0.6 is 11.6 Å². The van der Waals surface area contributed by atoms with Crippen molar-refractivity contribution >= 4 is 11.6 Å². The highest BCUT2D eigenvalue weighted by Gasteiger charge is 2.09. The molecule has 0 spiro atoms. The quantitative estimate of drug-likeness (QED) is 0.615. The van der Waals surface area contributed by atoms with E-state index < -0.39 is 5.82 Å². The minimum atomic E-state index is -0.412. The average Bonchev–Trinajstić information content (AvgIpc) is 2.08. The van der Waals surface area contributed by atoms with Gasteiger partial charge in [-0.05, 0) is 18.6 Å². The summed E-state index contributed by atoms with van der Waals surface area (Å²) in [7, 11) is 0. The highest BCUT2D eigenvalue weighted by Crippen LogP contribution is 2.26. The van der Waals surface area contributed by atoms with Crippen molar-refractivity contribution in [2.45, 2.75) is 5.92 Å². The van der Waals surface area contributed by atoms with Gasteiger partial charge in [-0.2, -0.15) is 0 Å². The van der Waals surface area contributed by atoms with Crippen LogP contribution in [0.2, 0.25) is 5.02 Å². The fourth-order valence-corrected chi connectivity index (χ4v) is 1.20. The molecule has 1 aromatic rings. The molecule has 0 aliphatic heterocycles. The van der Waals surface area contributed by atoms with Crippen LogP contribution in [0, 0.1) is 12.7 Å². The van der Waals surface area contributed by atoms with Gasteiger partial charge in [0.2, 0.25) is 0 Å². The Labute approximate surface area is 76.7 Å². The highest BCUT2D eigenvalue weighted by molar-refractivity contribution is 6.31. The van der Waals surface area contributed by atoms with E-state index in [-0.39, 0.29) is 10.9 Å². The van der Waals surface area contributed by atoms with Crippen molar-refractivity contribution in [2.75, 3.05) is 0 Å². The lowest BCUT2D eigenvalue weighted by Crippen LogP contribution is -1.92. The maximum absolute atomic E-state index is 12.9. The van der Waals surface area contributed by atoms with Crippen LogP contribution in [0.4, 0.5) is 4.39 Å². The van der Waals surface area contributed by atoms with Gasteiger partial charge in [-0.3, -0.25) is 0 Å². The van der Waals surface area contributed by atoms with Crippen molar-refractivity contribution in [3.8, 4) is 0 Å². The van der Waals surface area contributed by atoms with E-state index in [1.807, 2.05) is 0 Å². The molecule has 0 amide bonds. The van der Waals surface area contributed by atoms with E-state index >= 15 is 0 Å². The highest BCUT2D eigenvalue weighted by atomic mass is 35.5. The van der Waals surface area contributed by atoms with Crippen molar-refractivity contribution in [1.29, 1.82) is 0 Å². The average molecular weight is 184 g/mol. The van der Waals surface area contributed by atoms with Crippen molar-refractivity contribution < 1.29 is 4.39 Å². The van der Waals surface area contributed by atoms with E-state index in [1.54, 1.807) is 18.2 Å². The standard InChI is InChI=1S/C10H9ClF/c1-3-7(2)8-5-4-6-9(12)10(8)11/h3-7H,1-2H2. The normalized spacial score (nSPS) is 12.6. The lowest BCUT2D eigenvalue weighted by atomic mass is 10.0. The summed E-state index contributed by atoms with van der Waals surface area (Å²) in [6, 6.07) is 4.67. The molecule has 0 aliphatic rings. The summed E-state index contributed by atoms with van der Waals surface area (Å²) < 4.78 is 12.9. The maximum Gasteiger partial charge on any atom is 0.142 e. The molecule has 0 N–H and O–H groups in total. The number of halogens is 2. The van der Waals surface area contributed by atoms with Crippen molar-refractivity contribution in [3.05, 3.63) is 54.2 Å². The largest absolute Gasteiger partial charge is 0.205 e. The molecule has 1 rings (SSSR count). The van der Waals surface area contributed by atoms with Crippen LogP contribution in [-0.4, -0.2) is 0 Å². The maximum atomic E-state index is 12.9. The Kier molecular flexibility index (Phi) is 2.88. The Hall–Kier alpha value is -0.820. The van der Waals surface area contributed by atoms with E-state index in [9.17, 15) is 4.39 Å².